The molecule has 134 valence electrons. The first-order valence-corrected chi connectivity index (χ1v) is 8.98. The van der Waals surface area contributed by atoms with Crippen LogP contribution in [-0.4, -0.2) is 49.9 Å². The second-order valence-electron chi connectivity index (χ2n) is 6.90. The zero-order valence-electron chi connectivity index (χ0n) is 15.2. The van der Waals surface area contributed by atoms with Gasteiger partial charge >= 0.3 is 0 Å². The maximum Gasteiger partial charge on any atom is 0.239 e. The number of carbonyl (C=O) groups is 1. The molecule has 2 aromatic heterocycles. The number of aromatic nitrogens is 3. The summed E-state index contributed by atoms with van der Waals surface area (Å²) >= 11 is 0. The number of rotatable bonds is 4. The largest absolute Gasteiger partial charge is 0.337 e. The van der Waals surface area contributed by atoms with Crippen LogP contribution in [0.15, 0.2) is 48.7 Å². The van der Waals surface area contributed by atoms with E-state index < -0.39 is 0 Å². The Morgan fingerprint density at radius 2 is 1.92 bits per heavy atom. The van der Waals surface area contributed by atoms with Gasteiger partial charge in [-0.2, -0.15) is 0 Å². The van der Waals surface area contributed by atoms with Crippen LogP contribution >= 0.6 is 0 Å². The van der Waals surface area contributed by atoms with E-state index >= 15 is 0 Å². The van der Waals surface area contributed by atoms with Gasteiger partial charge in [-0.05, 0) is 36.6 Å². The van der Waals surface area contributed by atoms with Crippen LogP contribution in [0, 0.1) is 0 Å². The van der Waals surface area contributed by atoms with Gasteiger partial charge in [-0.3, -0.25) is 14.1 Å². The van der Waals surface area contributed by atoms with Crippen molar-refractivity contribution >= 4 is 11.6 Å². The van der Waals surface area contributed by atoms with Crippen molar-refractivity contribution in [1.82, 2.24) is 24.4 Å². The summed E-state index contributed by atoms with van der Waals surface area (Å²) in [6, 6.07) is 14.1. The second-order valence-corrected chi connectivity index (χ2v) is 6.90. The first kappa shape index (κ1) is 16.7. The second kappa shape index (κ2) is 6.88. The maximum absolute atomic E-state index is 12.9. The summed E-state index contributed by atoms with van der Waals surface area (Å²) < 4.78 is 1.92. The third kappa shape index (κ3) is 3.08. The van der Waals surface area contributed by atoms with E-state index in [1.165, 1.54) is 11.1 Å². The van der Waals surface area contributed by atoms with Crippen molar-refractivity contribution in [3.63, 3.8) is 0 Å². The quantitative estimate of drug-likeness (QED) is 0.724. The Balaban J connectivity index is 1.45. The van der Waals surface area contributed by atoms with Crippen molar-refractivity contribution in [1.29, 1.82) is 0 Å². The van der Waals surface area contributed by atoms with Gasteiger partial charge in [0.25, 0.3) is 0 Å². The van der Waals surface area contributed by atoms with Crippen LogP contribution in [0.2, 0.25) is 0 Å². The van der Waals surface area contributed by atoms with Crippen LogP contribution in [0.3, 0.4) is 0 Å². The number of pyridine rings is 1. The standard InChI is InChI=1S/C20H23N5O/c1-15(24-12-10-16-7-3-4-8-17(16)13-24)20(26)23(2)14-19-22-21-18-9-5-6-11-25(18)19/h3-9,11,15H,10,12-14H2,1-2H3. The smallest absolute Gasteiger partial charge is 0.239 e. The van der Waals surface area contributed by atoms with Gasteiger partial charge in [-0.15, -0.1) is 10.2 Å². The number of benzene rings is 1. The molecular weight excluding hydrogens is 326 g/mol. The van der Waals surface area contributed by atoms with E-state index in [9.17, 15) is 4.79 Å². The third-order valence-corrected chi connectivity index (χ3v) is 5.20. The molecule has 1 aromatic carbocycles. The van der Waals surface area contributed by atoms with E-state index in [0.717, 1.165) is 31.0 Å². The molecule has 6 heteroatoms. The van der Waals surface area contributed by atoms with E-state index in [1.54, 1.807) is 4.90 Å². The van der Waals surface area contributed by atoms with Crippen molar-refractivity contribution in [2.45, 2.75) is 32.5 Å². The van der Waals surface area contributed by atoms with E-state index in [-0.39, 0.29) is 11.9 Å². The minimum atomic E-state index is -0.160. The molecule has 1 unspecified atom stereocenters. The highest BCUT2D eigenvalue weighted by atomic mass is 16.2. The molecule has 0 bridgehead atoms. The lowest BCUT2D eigenvalue weighted by Gasteiger charge is -2.34. The van der Waals surface area contributed by atoms with Gasteiger partial charge in [-0.1, -0.05) is 30.3 Å². The summed E-state index contributed by atoms with van der Waals surface area (Å²) in [5.41, 5.74) is 3.51. The number of likely N-dealkylation sites (N-methyl/N-ethyl adjacent to an activating group) is 1. The van der Waals surface area contributed by atoms with Crippen molar-refractivity contribution in [3.8, 4) is 0 Å². The van der Waals surface area contributed by atoms with Crippen LogP contribution in [-0.2, 0) is 24.3 Å². The molecule has 0 radical (unpaired) electrons. The molecule has 1 atom stereocenters. The topological polar surface area (TPSA) is 53.7 Å². The van der Waals surface area contributed by atoms with Gasteiger partial charge in [-0.25, -0.2) is 0 Å². The van der Waals surface area contributed by atoms with Crippen LogP contribution in [0.4, 0.5) is 0 Å². The Bertz CT molecular complexity index is 935. The zero-order chi connectivity index (χ0) is 18.1. The number of hydrogen-bond acceptors (Lipinski definition) is 4. The molecule has 6 nitrogen and oxygen atoms in total. The van der Waals surface area contributed by atoms with E-state index in [1.807, 2.05) is 42.8 Å². The molecule has 4 rings (SSSR count). The Hall–Kier alpha value is -2.73. The van der Waals surface area contributed by atoms with Crippen LogP contribution < -0.4 is 0 Å². The van der Waals surface area contributed by atoms with Crippen molar-refractivity contribution in [2.75, 3.05) is 13.6 Å². The maximum atomic E-state index is 12.9. The van der Waals surface area contributed by atoms with Crippen molar-refractivity contribution < 1.29 is 4.79 Å². The van der Waals surface area contributed by atoms with Gasteiger partial charge in [0.05, 0.1) is 12.6 Å². The lowest BCUT2D eigenvalue weighted by molar-refractivity contribution is -0.136. The fourth-order valence-electron chi connectivity index (χ4n) is 3.61. The molecule has 1 aliphatic heterocycles. The lowest BCUT2D eigenvalue weighted by atomic mass is 9.98. The molecule has 0 saturated heterocycles. The minimum Gasteiger partial charge on any atom is -0.337 e. The Kier molecular flexibility index (Phi) is 4.42. The first-order chi connectivity index (χ1) is 12.6. The molecule has 3 aromatic rings. The van der Waals surface area contributed by atoms with E-state index in [4.69, 9.17) is 0 Å². The summed E-state index contributed by atoms with van der Waals surface area (Å²) in [6.45, 7) is 4.17. The highest BCUT2D eigenvalue weighted by molar-refractivity contribution is 5.81. The van der Waals surface area contributed by atoms with Gasteiger partial charge in [0.1, 0.15) is 0 Å². The summed E-state index contributed by atoms with van der Waals surface area (Å²) in [5.74, 6) is 0.879. The number of carbonyl (C=O) groups excluding carboxylic acids is 1. The average molecular weight is 349 g/mol. The van der Waals surface area contributed by atoms with Gasteiger partial charge in [0.15, 0.2) is 11.5 Å². The third-order valence-electron chi connectivity index (χ3n) is 5.20. The van der Waals surface area contributed by atoms with Crippen LogP contribution in [0.25, 0.3) is 5.65 Å². The SMILES string of the molecule is CC(C(=O)N(C)Cc1nnc2ccccn12)N1CCc2ccccc2C1. The molecule has 1 amide bonds. The highest BCUT2D eigenvalue weighted by Gasteiger charge is 2.27. The molecule has 0 aliphatic carbocycles. The fraction of sp³-hybridized carbons (Fsp3) is 0.350. The fourth-order valence-corrected chi connectivity index (χ4v) is 3.61. The van der Waals surface area contributed by atoms with Gasteiger partial charge in [0.2, 0.25) is 5.91 Å². The molecule has 0 spiro atoms. The highest BCUT2D eigenvalue weighted by Crippen LogP contribution is 2.21. The predicted octanol–water partition coefficient (Wildman–Crippen LogP) is 2.13. The lowest BCUT2D eigenvalue weighted by Crippen LogP contribution is -2.47. The normalized spacial score (nSPS) is 15.6. The summed E-state index contributed by atoms with van der Waals surface area (Å²) in [7, 11) is 1.83. The Morgan fingerprint density at radius 3 is 2.77 bits per heavy atom. The molecule has 0 fully saturated rings. The minimum absolute atomic E-state index is 0.108. The molecule has 26 heavy (non-hydrogen) atoms. The molecule has 0 saturated carbocycles. The summed E-state index contributed by atoms with van der Waals surface area (Å²) in [6.07, 6.45) is 2.92. The predicted molar refractivity (Wildman–Crippen MR) is 99.5 cm³/mol. The number of nitrogens with zero attached hydrogens (tertiary/aromatic N) is 5. The van der Waals surface area contributed by atoms with Crippen LogP contribution in [0.1, 0.15) is 23.9 Å². The van der Waals surface area contributed by atoms with E-state index in [0.29, 0.717) is 6.54 Å². The zero-order valence-corrected chi connectivity index (χ0v) is 15.2. The molecule has 0 N–H and O–H groups in total. The van der Waals surface area contributed by atoms with Crippen molar-refractivity contribution in [2.24, 2.45) is 0 Å². The first-order valence-electron chi connectivity index (χ1n) is 8.98. The van der Waals surface area contributed by atoms with Crippen LogP contribution in [0.5, 0.6) is 0 Å². The molecule has 1 aliphatic rings. The summed E-state index contributed by atoms with van der Waals surface area (Å²) in [5, 5.41) is 8.38. The molecule has 3 heterocycles. The summed E-state index contributed by atoms with van der Waals surface area (Å²) in [4.78, 5) is 16.9. The monoisotopic (exact) mass is 349 g/mol. The van der Waals surface area contributed by atoms with Gasteiger partial charge < -0.3 is 4.90 Å². The van der Waals surface area contributed by atoms with E-state index in [2.05, 4.69) is 39.4 Å². The number of fused-ring (bicyclic) bond motifs is 2. The van der Waals surface area contributed by atoms with Crippen molar-refractivity contribution in [3.05, 3.63) is 65.6 Å². The Morgan fingerprint density at radius 1 is 1.15 bits per heavy atom. The average Bonchev–Trinajstić information content (AvgIpc) is 3.09. The Labute approximate surface area is 153 Å². The molecular formula is C20H23N5O. The number of amides is 1. The number of hydrogen-bond donors (Lipinski definition) is 0. The van der Waals surface area contributed by atoms with Gasteiger partial charge in [0, 0.05) is 26.3 Å².